The first kappa shape index (κ1) is 18.2. The second-order valence-electron chi connectivity index (χ2n) is 5.07. The van der Waals surface area contributed by atoms with Crippen molar-refractivity contribution in [2.45, 2.75) is 6.42 Å². The molecular weight excluding hydrogens is 401 g/mol. The van der Waals surface area contributed by atoms with Crippen molar-refractivity contribution in [1.82, 2.24) is 0 Å². The fourth-order valence-corrected chi connectivity index (χ4v) is 7.03. The van der Waals surface area contributed by atoms with Crippen molar-refractivity contribution in [2.24, 2.45) is 0 Å². The molecule has 3 rings (SSSR count). The fourth-order valence-electron chi connectivity index (χ4n) is 2.22. The normalized spacial score (nSPS) is 11.9. The number of thioether (sulfide) groups is 1. The molecule has 8 heteroatoms. The number of rotatable bonds is 8. The first-order valence-corrected chi connectivity index (χ1v) is 12.6. The number of hydrogen-bond acceptors (Lipinski definition) is 6. The summed E-state index contributed by atoms with van der Waals surface area (Å²) in [5, 5.41) is 4.18. The molecule has 0 unspecified atom stereocenters. The van der Waals surface area contributed by atoms with Crippen LogP contribution in [-0.4, -0.2) is 30.2 Å². The molecule has 0 saturated heterocycles. The molecule has 0 spiro atoms. The molecule has 0 amide bonds. The molecule has 3 heterocycles. The third-order valence-corrected chi connectivity index (χ3v) is 8.58. The van der Waals surface area contributed by atoms with Gasteiger partial charge < -0.3 is 0 Å². The van der Waals surface area contributed by atoms with Crippen molar-refractivity contribution in [3.8, 4) is 19.5 Å². The van der Waals surface area contributed by atoms with E-state index in [9.17, 15) is 8.42 Å². The molecule has 0 aliphatic carbocycles. The Kier molecular flexibility index (Phi) is 6.17. The summed E-state index contributed by atoms with van der Waals surface area (Å²) in [6.07, 6.45) is 0.894. The Bertz CT molecular complexity index is 861. The molecule has 3 nitrogen and oxygen atoms in total. The van der Waals surface area contributed by atoms with Gasteiger partial charge in [-0.25, -0.2) is 0 Å². The lowest BCUT2D eigenvalue weighted by Crippen LogP contribution is -2.06. The van der Waals surface area contributed by atoms with Gasteiger partial charge in [-0.15, -0.1) is 34.0 Å². The van der Waals surface area contributed by atoms with E-state index in [2.05, 4.69) is 41.1 Å². The molecule has 0 aliphatic heterocycles. The molecule has 0 saturated carbocycles. The molecule has 128 valence electrons. The molecule has 24 heavy (non-hydrogen) atoms. The molecule has 3 aromatic rings. The minimum Gasteiger partial charge on any atom is -0.286 e. The fraction of sp³-hybridized carbons (Fsp3) is 0.250. The third-order valence-electron chi connectivity index (χ3n) is 3.32. The maximum atomic E-state index is 10.8. The van der Waals surface area contributed by atoms with E-state index in [4.69, 9.17) is 4.55 Å². The summed E-state index contributed by atoms with van der Waals surface area (Å²) in [6, 6.07) is 10.7. The highest BCUT2D eigenvalue weighted by molar-refractivity contribution is 8.00. The predicted octanol–water partition coefficient (Wildman–Crippen LogP) is 5.37. The van der Waals surface area contributed by atoms with Crippen LogP contribution in [0.1, 0.15) is 5.56 Å². The van der Waals surface area contributed by atoms with E-state index in [1.807, 2.05) is 11.3 Å². The Morgan fingerprint density at radius 2 is 1.71 bits per heavy atom. The van der Waals surface area contributed by atoms with Gasteiger partial charge in [-0.2, -0.15) is 20.2 Å². The molecule has 0 bridgehead atoms. The smallest absolute Gasteiger partial charge is 0.265 e. The molecule has 0 radical (unpaired) electrons. The van der Waals surface area contributed by atoms with Crippen molar-refractivity contribution in [1.29, 1.82) is 0 Å². The van der Waals surface area contributed by atoms with Crippen LogP contribution in [0.15, 0.2) is 41.1 Å². The Balaban J connectivity index is 1.71. The highest BCUT2D eigenvalue weighted by Crippen LogP contribution is 2.41. The molecular formula is C16H16O3S5. The van der Waals surface area contributed by atoms with Gasteiger partial charge >= 0.3 is 0 Å². The van der Waals surface area contributed by atoms with Gasteiger partial charge in [0.2, 0.25) is 0 Å². The molecule has 0 atom stereocenters. The molecule has 3 aromatic heterocycles. The average Bonchev–Trinajstić information content (AvgIpc) is 3.26. The minimum absolute atomic E-state index is 0.181. The van der Waals surface area contributed by atoms with Gasteiger partial charge in [-0.3, -0.25) is 4.55 Å². The first-order chi connectivity index (χ1) is 11.5. The quantitative estimate of drug-likeness (QED) is 0.396. The van der Waals surface area contributed by atoms with Crippen LogP contribution in [0.3, 0.4) is 0 Å². The highest BCUT2D eigenvalue weighted by Gasteiger charge is 2.14. The molecule has 0 fully saturated rings. The van der Waals surface area contributed by atoms with Crippen LogP contribution in [0, 0.1) is 0 Å². The standard InChI is InChI=1S/C16H16O3S5/c17-24(18,19)10-9-20-8-5-12-11-15(13-3-1-6-21-13)23-16(12)14-4-2-7-22-14/h1-4,6-7,11H,5,8-10H2,(H,17,18,19). The van der Waals surface area contributed by atoms with E-state index in [0.717, 1.165) is 12.2 Å². The SMILES string of the molecule is O=S(=O)(O)CCSCCc1cc(-c2cccs2)sc1-c1cccs1. The maximum Gasteiger partial charge on any atom is 0.265 e. The number of hydrogen-bond donors (Lipinski definition) is 1. The molecule has 0 aromatic carbocycles. The highest BCUT2D eigenvalue weighted by atomic mass is 32.2. The largest absolute Gasteiger partial charge is 0.286 e. The van der Waals surface area contributed by atoms with Crippen LogP contribution in [0.5, 0.6) is 0 Å². The van der Waals surface area contributed by atoms with E-state index in [0.29, 0.717) is 5.75 Å². The Labute approximate surface area is 158 Å². The minimum atomic E-state index is -3.85. The van der Waals surface area contributed by atoms with Crippen molar-refractivity contribution in [3.05, 3.63) is 46.7 Å². The number of aryl methyl sites for hydroxylation is 1. The Morgan fingerprint density at radius 3 is 2.33 bits per heavy atom. The maximum absolute atomic E-state index is 10.8. The lowest BCUT2D eigenvalue weighted by atomic mass is 10.1. The lowest BCUT2D eigenvalue weighted by molar-refractivity contribution is 0.485. The second kappa shape index (κ2) is 8.16. The van der Waals surface area contributed by atoms with Crippen molar-refractivity contribution in [3.63, 3.8) is 0 Å². The Hall–Kier alpha value is -0.640. The van der Waals surface area contributed by atoms with Gasteiger partial charge in [0.05, 0.1) is 5.75 Å². The van der Waals surface area contributed by atoms with Crippen molar-refractivity contribution < 1.29 is 13.0 Å². The zero-order valence-corrected chi connectivity index (χ0v) is 16.8. The average molecular weight is 417 g/mol. The topological polar surface area (TPSA) is 54.4 Å². The molecule has 1 N–H and O–H groups in total. The van der Waals surface area contributed by atoms with E-state index in [1.54, 1.807) is 34.4 Å². The predicted molar refractivity (Wildman–Crippen MR) is 108 cm³/mol. The Morgan fingerprint density at radius 1 is 1.00 bits per heavy atom. The zero-order chi connectivity index (χ0) is 17.0. The van der Waals surface area contributed by atoms with Gasteiger partial charge in [0.15, 0.2) is 0 Å². The van der Waals surface area contributed by atoms with E-state index >= 15 is 0 Å². The van der Waals surface area contributed by atoms with Crippen LogP contribution in [0.25, 0.3) is 19.5 Å². The lowest BCUT2D eigenvalue weighted by Gasteiger charge is -2.02. The summed E-state index contributed by atoms with van der Waals surface area (Å²) in [7, 11) is -3.85. The summed E-state index contributed by atoms with van der Waals surface area (Å²) in [6.45, 7) is 0. The van der Waals surface area contributed by atoms with E-state index in [1.165, 1.54) is 25.1 Å². The van der Waals surface area contributed by atoms with Crippen LogP contribution < -0.4 is 0 Å². The second-order valence-corrected chi connectivity index (χ2v) is 10.8. The summed E-state index contributed by atoms with van der Waals surface area (Å²) in [4.78, 5) is 5.15. The first-order valence-electron chi connectivity index (χ1n) is 7.26. The third kappa shape index (κ3) is 4.93. The van der Waals surface area contributed by atoms with Crippen LogP contribution in [0.2, 0.25) is 0 Å². The summed E-state index contributed by atoms with van der Waals surface area (Å²) < 4.78 is 30.3. The van der Waals surface area contributed by atoms with Gasteiger partial charge in [-0.1, -0.05) is 12.1 Å². The number of thiophene rings is 3. The van der Waals surface area contributed by atoms with Crippen LogP contribution in [0.4, 0.5) is 0 Å². The van der Waals surface area contributed by atoms with Gasteiger partial charge in [0.25, 0.3) is 10.1 Å². The van der Waals surface area contributed by atoms with Gasteiger partial charge in [-0.05, 0) is 46.7 Å². The summed E-state index contributed by atoms with van der Waals surface area (Å²) >= 11 is 6.86. The monoisotopic (exact) mass is 416 g/mol. The summed E-state index contributed by atoms with van der Waals surface area (Å²) in [5.74, 6) is 1.09. The summed E-state index contributed by atoms with van der Waals surface area (Å²) in [5.41, 5.74) is 1.31. The van der Waals surface area contributed by atoms with Crippen LogP contribution in [-0.2, 0) is 16.5 Å². The van der Waals surface area contributed by atoms with Crippen LogP contribution >= 0.6 is 45.8 Å². The van der Waals surface area contributed by atoms with E-state index in [-0.39, 0.29) is 5.75 Å². The van der Waals surface area contributed by atoms with Gasteiger partial charge in [0.1, 0.15) is 0 Å². The van der Waals surface area contributed by atoms with Gasteiger partial charge in [0, 0.05) is 25.3 Å². The van der Waals surface area contributed by atoms with Crippen molar-refractivity contribution >= 4 is 55.9 Å². The zero-order valence-electron chi connectivity index (χ0n) is 12.7. The van der Waals surface area contributed by atoms with E-state index < -0.39 is 10.1 Å². The molecule has 0 aliphatic rings. The van der Waals surface area contributed by atoms with Crippen molar-refractivity contribution in [2.75, 3.05) is 17.3 Å².